The number of hydrogen-bond donors (Lipinski definition) is 2. The van der Waals surface area contributed by atoms with Crippen LogP contribution in [0.4, 0.5) is 0 Å². The maximum absolute atomic E-state index is 8.73. The summed E-state index contributed by atoms with van der Waals surface area (Å²) in [6, 6.07) is 12.2. The van der Waals surface area contributed by atoms with Gasteiger partial charge in [-0.25, -0.2) is 0 Å². The van der Waals surface area contributed by atoms with Gasteiger partial charge in [-0.1, -0.05) is 29.4 Å². The highest BCUT2D eigenvalue weighted by atomic mass is 16.5. The fraction of sp³-hybridized carbons (Fsp3) is 0.333. The van der Waals surface area contributed by atoms with Crippen LogP contribution >= 0.6 is 0 Å². The highest BCUT2D eigenvalue weighted by Crippen LogP contribution is 2.14. The monoisotopic (exact) mass is 286 g/mol. The molecule has 3 rings (SSSR count). The summed E-state index contributed by atoms with van der Waals surface area (Å²) >= 11 is 0. The van der Waals surface area contributed by atoms with Crippen molar-refractivity contribution >= 4 is 16.7 Å². The molecule has 3 N–H and O–H groups in total. The van der Waals surface area contributed by atoms with Crippen molar-refractivity contribution in [1.29, 1.82) is 0 Å². The zero-order valence-electron chi connectivity index (χ0n) is 11.6. The molecule has 1 aromatic carbocycles. The number of nitrogens with two attached hydrogens (primary N) is 1. The van der Waals surface area contributed by atoms with Crippen LogP contribution in [-0.2, 0) is 11.3 Å². The summed E-state index contributed by atoms with van der Waals surface area (Å²) in [6.07, 6.45) is -0.357. The molecule has 1 aromatic heterocycles. The molecular formula is C15H18N4O2. The molecule has 1 aliphatic heterocycles. The van der Waals surface area contributed by atoms with E-state index in [-0.39, 0.29) is 11.9 Å². The zero-order chi connectivity index (χ0) is 14.7. The van der Waals surface area contributed by atoms with Crippen molar-refractivity contribution < 1.29 is 9.94 Å². The molecule has 0 radical (unpaired) electrons. The van der Waals surface area contributed by atoms with Gasteiger partial charge >= 0.3 is 0 Å². The van der Waals surface area contributed by atoms with Crippen LogP contribution in [0.2, 0.25) is 0 Å². The second-order valence-corrected chi connectivity index (χ2v) is 5.11. The molecule has 1 fully saturated rings. The normalized spacial score (nSPS) is 20.8. The van der Waals surface area contributed by atoms with Gasteiger partial charge in [0.15, 0.2) is 5.84 Å². The van der Waals surface area contributed by atoms with E-state index >= 15 is 0 Å². The number of morpholine rings is 1. The second-order valence-electron chi connectivity index (χ2n) is 5.11. The van der Waals surface area contributed by atoms with Crippen molar-refractivity contribution in [1.82, 2.24) is 9.88 Å². The molecule has 0 amide bonds. The maximum atomic E-state index is 8.73. The topological polar surface area (TPSA) is 84.0 Å². The molecule has 2 heterocycles. The molecule has 1 unspecified atom stereocenters. The predicted molar refractivity (Wildman–Crippen MR) is 80.2 cm³/mol. The zero-order valence-corrected chi connectivity index (χ0v) is 11.6. The van der Waals surface area contributed by atoms with Crippen LogP contribution in [0.3, 0.4) is 0 Å². The van der Waals surface area contributed by atoms with E-state index in [2.05, 4.69) is 27.2 Å². The molecule has 110 valence electrons. The number of ether oxygens (including phenoxy) is 1. The van der Waals surface area contributed by atoms with Crippen molar-refractivity contribution in [2.45, 2.75) is 12.6 Å². The standard InChI is InChI=1S/C15H18N4O2/c16-15(18-20)14-10-19(7-8-21-14)9-12-6-5-11-3-1-2-4-13(11)17-12/h1-6,14,20H,7-10H2,(H2,16,18). The minimum absolute atomic E-state index is 0.117. The van der Waals surface area contributed by atoms with Crippen molar-refractivity contribution in [3.8, 4) is 0 Å². The van der Waals surface area contributed by atoms with Gasteiger partial charge in [0.1, 0.15) is 6.10 Å². The van der Waals surface area contributed by atoms with Gasteiger partial charge in [0, 0.05) is 25.0 Å². The maximum Gasteiger partial charge on any atom is 0.169 e. The van der Waals surface area contributed by atoms with Crippen molar-refractivity contribution in [2.24, 2.45) is 10.9 Å². The Bertz CT molecular complexity index is 659. The molecule has 0 bridgehead atoms. The summed E-state index contributed by atoms with van der Waals surface area (Å²) in [6.45, 7) is 2.70. The van der Waals surface area contributed by atoms with Gasteiger partial charge in [-0.15, -0.1) is 0 Å². The SMILES string of the molecule is NC(=NO)C1CN(Cc2ccc3ccccc3n2)CCO1. The molecular weight excluding hydrogens is 268 g/mol. The number of nitrogens with zero attached hydrogens (tertiary/aromatic N) is 3. The van der Waals surface area contributed by atoms with Crippen molar-refractivity contribution in [3.05, 3.63) is 42.1 Å². The van der Waals surface area contributed by atoms with Crippen LogP contribution in [0.1, 0.15) is 5.69 Å². The van der Waals surface area contributed by atoms with Crippen molar-refractivity contribution in [2.75, 3.05) is 19.7 Å². The molecule has 6 heteroatoms. The Kier molecular flexibility index (Phi) is 3.98. The van der Waals surface area contributed by atoms with Gasteiger partial charge in [-0.05, 0) is 12.1 Å². The number of para-hydroxylation sites is 1. The first-order chi connectivity index (χ1) is 10.3. The van der Waals surface area contributed by atoms with Crippen LogP contribution in [-0.4, -0.2) is 46.7 Å². The van der Waals surface area contributed by atoms with Crippen LogP contribution < -0.4 is 5.73 Å². The third kappa shape index (κ3) is 3.12. The molecule has 2 aromatic rings. The Morgan fingerprint density at radius 3 is 3.10 bits per heavy atom. The van der Waals surface area contributed by atoms with E-state index in [1.54, 1.807) is 0 Å². The van der Waals surface area contributed by atoms with Gasteiger partial charge in [-0.2, -0.15) is 0 Å². The molecule has 0 spiro atoms. The first-order valence-corrected chi connectivity index (χ1v) is 6.92. The third-order valence-corrected chi connectivity index (χ3v) is 3.64. The van der Waals surface area contributed by atoms with E-state index in [1.807, 2.05) is 24.3 Å². The number of rotatable bonds is 3. The Morgan fingerprint density at radius 1 is 1.38 bits per heavy atom. The number of fused-ring (bicyclic) bond motifs is 1. The van der Waals surface area contributed by atoms with Gasteiger partial charge in [0.25, 0.3) is 0 Å². The summed E-state index contributed by atoms with van der Waals surface area (Å²) in [5, 5.41) is 12.9. The minimum atomic E-state index is -0.357. The summed E-state index contributed by atoms with van der Waals surface area (Å²) in [7, 11) is 0. The summed E-state index contributed by atoms with van der Waals surface area (Å²) < 4.78 is 5.49. The lowest BCUT2D eigenvalue weighted by atomic mass is 10.2. The number of amidine groups is 1. The van der Waals surface area contributed by atoms with Crippen molar-refractivity contribution in [3.63, 3.8) is 0 Å². The molecule has 6 nitrogen and oxygen atoms in total. The Morgan fingerprint density at radius 2 is 2.24 bits per heavy atom. The minimum Gasteiger partial charge on any atom is -0.409 e. The average molecular weight is 286 g/mol. The quantitative estimate of drug-likeness (QED) is 0.383. The first kappa shape index (κ1) is 13.8. The smallest absolute Gasteiger partial charge is 0.169 e. The Labute approximate surface area is 122 Å². The summed E-state index contributed by atoms with van der Waals surface area (Å²) in [4.78, 5) is 6.86. The van der Waals surface area contributed by atoms with E-state index in [9.17, 15) is 0 Å². The van der Waals surface area contributed by atoms with E-state index in [0.29, 0.717) is 13.2 Å². The van der Waals surface area contributed by atoms with E-state index in [4.69, 9.17) is 15.7 Å². The van der Waals surface area contributed by atoms with Gasteiger partial charge in [0.2, 0.25) is 0 Å². The number of hydrogen-bond acceptors (Lipinski definition) is 5. The molecule has 0 aliphatic carbocycles. The second kappa shape index (κ2) is 6.07. The molecule has 1 saturated heterocycles. The average Bonchev–Trinajstić information content (AvgIpc) is 2.54. The van der Waals surface area contributed by atoms with Crippen LogP contribution in [0, 0.1) is 0 Å². The van der Waals surface area contributed by atoms with Crippen LogP contribution in [0.5, 0.6) is 0 Å². The highest BCUT2D eigenvalue weighted by Gasteiger charge is 2.24. The molecule has 21 heavy (non-hydrogen) atoms. The molecule has 0 saturated carbocycles. The first-order valence-electron chi connectivity index (χ1n) is 6.92. The lowest BCUT2D eigenvalue weighted by Gasteiger charge is -2.31. The number of benzene rings is 1. The fourth-order valence-electron chi connectivity index (χ4n) is 2.51. The Hall–Kier alpha value is -2.18. The van der Waals surface area contributed by atoms with E-state index < -0.39 is 0 Å². The number of pyridine rings is 1. The highest BCUT2D eigenvalue weighted by molar-refractivity contribution is 5.84. The summed E-state index contributed by atoms with van der Waals surface area (Å²) in [5.74, 6) is 0.117. The van der Waals surface area contributed by atoms with Gasteiger partial charge < -0.3 is 15.7 Å². The fourth-order valence-corrected chi connectivity index (χ4v) is 2.51. The number of aromatic nitrogens is 1. The van der Waals surface area contributed by atoms with E-state index in [1.165, 1.54) is 0 Å². The van der Waals surface area contributed by atoms with Crippen LogP contribution in [0.25, 0.3) is 10.9 Å². The van der Waals surface area contributed by atoms with Gasteiger partial charge in [0.05, 0.1) is 17.8 Å². The lowest BCUT2D eigenvalue weighted by molar-refractivity contribution is 0.00101. The lowest BCUT2D eigenvalue weighted by Crippen LogP contribution is -2.48. The summed E-state index contributed by atoms with van der Waals surface area (Å²) in [5.41, 5.74) is 7.62. The Balaban J connectivity index is 1.72. The van der Waals surface area contributed by atoms with E-state index in [0.717, 1.165) is 29.7 Å². The predicted octanol–water partition coefficient (Wildman–Crippen LogP) is 1.18. The largest absolute Gasteiger partial charge is 0.409 e. The number of oxime groups is 1. The van der Waals surface area contributed by atoms with Gasteiger partial charge in [-0.3, -0.25) is 9.88 Å². The van der Waals surface area contributed by atoms with Crippen LogP contribution in [0.15, 0.2) is 41.6 Å². The molecule has 1 atom stereocenters. The molecule has 1 aliphatic rings. The third-order valence-electron chi connectivity index (χ3n) is 3.64.